The summed E-state index contributed by atoms with van der Waals surface area (Å²) in [6, 6.07) is 5.82. The Balaban J connectivity index is 1.43. The van der Waals surface area contributed by atoms with Crippen molar-refractivity contribution in [2.24, 2.45) is 5.92 Å². The first-order chi connectivity index (χ1) is 13.7. The summed E-state index contributed by atoms with van der Waals surface area (Å²) in [5, 5.41) is 2.84. The summed E-state index contributed by atoms with van der Waals surface area (Å²) in [4.78, 5) is 26.6. The molecule has 2 amide bonds. The van der Waals surface area contributed by atoms with E-state index < -0.39 is 16.1 Å². The van der Waals surface area contributed by atoms with Crippen molar-refractivity contribution in [3.63, 3.8) is 0 Å². The number of amides is 2. The largest absolute Gasteiger partial charge is 0.324 e. The van der Waals surface area contributed by atoms with Crippen molar-refractivity contribution in [3.05, 3.63) is 24.3 Å². The lowest BCUT2D eigenvalue weighted by Gasteiger charge is -2.30. The highest BCUT2D eigenvalue weighted by Gasteiger charge is 2.52. The zero-order valence-corrected chi connectivity index (χ0v) is 18.4. The van der Waals surface area contributed by atoms with Gasteiger partial charge in [0.15, 0.2) is 0 Å². The molecule has 3 fully saturated rings. The molecular weight excluding hydrogens is 410 g/mol. The zero-order chi connectivity index (χ0) is 20.8. The molecule has 158 valence electrons. The quantitative estimate of drug-likeness (QED) is 0.782. The number of carbonyl (C=O) groups is 2. The molecule has 3 aliphatic rings. The van der Waals surface area contributed by atoms with Crippen LogP contribution in [0.3, 0.4) is 0 Å². The number of anilines is 1. The molecule has 4 rings (SSSR count). The van der Waals surface area contributed by atoms with Crippen LogP contribution in [0.1, 0.15) is 39.5 Å². The third-order valence-corrected chi connectivity index (χ3v) is 9.67. The van der Waals surface area contributed by atoms with Crippen LogP contribution >= 0.6 is 11.8 Å². The molecule has 0 aromatic heterocycles. The Morgan fingerprint density at radius 2 is 1.86 bits per heavy atom. The van der Waals surface area contributed by atoms with Crippen molar-refractivity contribution >= 4 is 39.3 Å². The molecule has 3 aliphatic heterocycles. The van der Waals surface area contributed by atoms with Gasteiger partial charge in [0, 0.05) is 31.0 Å². The van der Waals surface area contributed by atoms with E-state index in [2.05, 4.69) is 12.2 Å². The highest BCUT2D eigenvalue weighted by Crippen LogP contribution is 2.47. The number of thioether (sulfide) groups is 1. The fraction of sp³-hybridized carbons (Fsp3) is 0.600. The summed E-state index contributed by atoms with van der Waals surface area (Å²) in [7, 11) is -3.51. The van der Waals surface area contributed by atoms with Crippen LogP contribution in [0.4, 0.5) is 5.69 Å². The summed E-state index contributed by atoms with van der Waals surface area (Å²) in [6.45, 7) is 5.24. The summed E-state index contributed by atoms with van der Waals surface area (Å²) in [5.74, 6) is 0.928. The molecule has 9 heteroatoms. The van der Waals surface area contributed by atoms with Crippen molar-refractivity contribution in [2.75, 3.05) is 24.2 Å². The molecule has 0 radical (unpaired) electrons. The molecule has 1 aromatic carbocycles. The second-order valence-corrected chi connectivity index (χ2v) is 11.8. The molecule has 0 bridgehead atoms. The maximum Gasteiger partial charge on any atom is 0.248 e. The van der Waals surface area contributed by atoms with Crippen LogP contribution in [0.25, 0.3) is 0 Å². The van der Waals surface area contributed by atoms with Crippen molar-refractivity contribution in [3.8, 4) is 0 Å². The number of benzene rings is 1. The topological polar surface area (TPSA) is 86.8 Å². The molecule has 3 saturated heterocycles. The number of sulfonamides is 1. The van der Waals surface area contributed by atoms with E-state index in [-0.39, 0.29) is 21.6 Å². The van der Waals surface area contributed by atoms with Crippen LogP contribution in [-0.4, -0.2) is 59.2 Å². The SMILES string of the molecule is CC1CCN(S(=O)(=O)c2ccc(NC(=O)[C@@H]3CS[C@]4(C)CCC(=O)N34)cc2)CC1. The summed E-state index contributed by atoms with van der Waals surface area (Å²) in [5.41, 5.74) is 0.534. The molecule has 0 unspecified atom stereocenters. The van der Waals surface area contributed by atoms with E-state index in [1.807, 2.05) is 6.92 Å². The number of fused-ring (bicyclic) bond motifs is 1. The van der Waals surface area contributed by atoms with Crippen LogP contribution in [0, 0.1) is 5.92 Å². The Morgan fingerprint density at radius 3 is 2.52 bits per heavy atom. The third-order valence-electron chi connectivity index (χ3n) is 6.25. The van der Waals surface area contributed by atoms with E-state index in [1.165, 1.54) is 16.4 Å². The predicted octanol–water partition coefficient (Wildman–Crippen LogP) is 2.50. The molecule has 2 atom stereocenters. The molecule has 1 N–H and O–H groups in total. The van der Waals surface area contributed by atoms with Gasteiger partial charge in [0.1, 0.15) is 6.04 Å². The molecule has 0 aliphatic carbocycles. The number of rotatable bonds is 4. The van der Waals surface area contributed by atoms with Gasteiger partial charge in [-0.05, 0) is 56.4 Å². The van der Waals surface area contributed by atoms with Crippen molar-refractivity contribution < 1.29 is 18.0 Å². The fourth-order valence-electron chi connectivity index (χ4n) is 4.32. The first kappa shape index (κ1) is 20.7. The minimum absolute atomic E-state index is 0.0231. The lowest BCUT2D eigenvalue weighted by Crippen LogP contribution is -2.48. The molecule has 0 spiro atoms. The Kier molecular flexibility index (Phi) is 5.41. The maximum absolute atomic E-state index is 12.8. The van der Waals surface area contributed by atoms with Gasteiger partial charge in [-0.15, -0.1) is 11.8 Å². The highest BCUT2D eigenvalue weighted by atomic mass is 32.2. The van der Waals surface area contributed by atoms with Crippen LogP contribution in [0.5, 0.6) is 0 Å². The van der Waals surface area contributed by atoms with Gasteiger partial charge in [-0.1, -0.05) is 6.92 Å². The van der Waals surface area contributed by atoms with Gasteiger partial charge in [0.2, 0.25) is 21.8 Å². The van der Waals surface area contributed by atoms with Gasteiger partial charge < -0.3 is 10.2 Å². The first-order valence-corrected chi connectivity index (χ1v) is 12.5. The van der Waals surface area contributed by atoms with Gasteiger partial charge in [-0.3, -0.25) is 9.59 Å². The Bertz CT molecular complexity index is 910. The number of hydrogen-bond donors (Lipinski definition) is 1. The van der Waals surface area contributed by atoms with Crippen molar-refractivity contribution in [1.82, 2.24) is 9.21 Å². The number of nitrogens with zero attached hydrogens (tertiary/aromatic N) is 2. The van der Waals surface area contributed by atoms with E-state index in [1.54, 1.807) is 28.8 Å². The average Bonchev–Trinajstić information content (AvgIpc) is 3.18. The number of hydrogen-bond acceptors (Lipinski definition) is 5. The molecule has 29 heavy (non-hydrogen) atoms. The number of piperidine rings is 1. The van der Waals surface area contributed by atoms with Crippen LogP contribution in [0.2, 0.25) is 0 Å². The normalized spacial score (nSPS) is 28.6. The van der Waals surface area contributed by atoms with Crippen LogP contribution in [0.15, 0.2) is 29.2 Å². The molecular formula is C20H27N3O4S2. The van der Waals surface area contributed by atoms with Gasteiger partial charge in [-0.2, -0.15) is 4.31 Å². The smallest absolute Gasteiger partial charge is 0.248 e. The number of nitrogens with one attached hydrogen (secondary N) is 1. The van der Waals surface area contributed by atoms with Gasteiger partial charge in [0.25, 0.3) is 0 Å². The Labute approximate surface area is 176 Å². The van der Waals surface area contributed by atoms with Crippen LogP contribution < -0.4 is 5.32 Å². The standard InChI is InChI=1S/C20H27N3O4S2/c1-14-8-11-22(12-9-14)29(26,27)16-5-3-15(4-6-16)21-19(25)17-13-28-20(2)10-7-18(24)23(17)20/h3-6,14,17H,7-13H2,1-2H3,(H,21,25)/t17-,20+/m0/s1. The molecule has 1 aromatic rings. The van der Waals surface area contributed by atoms with Crippen molar-refractivity contribution in [1.29, 1.82) is 0 Å². The maximum atomic E-state index is 12.8. The Hall–Kier alpha value is -1.58. The number of carbonyl (C=O) groups excluding carboxylic acids is 2. The molecule has 7 nitrogen and oxygen atoms in total. The van der Waals surface area contributed by atoms with E-state index >= 15 is 0 Å². The van der Waals surface area contributed by atoms with E-state index in [0.29, 0.717) is 36.9 Å². The monoisotopic (exact) mass is 437 g/mol. The van der Waals surface area contributed by atoms with Gasteiger partial charge in [0.05, 0.1) is 9.77 Å². The lowest BCUT2D eigenvalue weighted by atomic mass is 10.0. The molecule has 0 saturated carbocycles. The summed E-state index contributed by atoms with van der Waals surface area (Å²) in [6.07, 6.45) is 3.00. The summed E-state index contributed by atoms with van der Waals surface area (Å²) >= 11 is 1.65. The highest BCUT2D eigenvalue weighted by molar-refractivity contribution is 8.01. The van der Waals surface area contributed by atoms with Crippen LogP contribution in [-0.2, 0) is 19.6 Å². The van der Waals surface area contributed by atoms with E-state index in [4.69, 9.17) is 0 Å². The molecule has 3 heterocycles. The minimum Gasteiger partial charge on any atom is -0.324 e. The summed E-state index contributed by atoms with van der Waals surface area (Å²) < 4.78 is 27.2. The third kappa shape index (κ3) is 3.80. The van der Waals surface area contributed by atoms with Gasteiger partial charge >= 0.3 is 0 Å². The first-order valence-electron chi connectivity index (χ1n) is 10.1. The zero-order valence-electron chi connectivity index (χ0n) is 16.8. The van der Waals surface area contributed by atoms with Crippen molar-refractivity contribution in [2.45, 2.75) is 55.3 Å². The van der Waals surface area contributed by atoms with E-state index in [0.717, 1.165) is 19.3 Å². The second-order valence-electron chi connectivity index (χ2n) is 8.37. The minimum atomic E-state index is -3.51. The fourth-order valence-corrected chi connectivity index (χ4v) is 7.23. The average molecular weight is 438 g/mol. The lowest BCUT2D eigenvalue weighted by molar-refractivity contribution is -0.135. The second kappa shape index (κ2) is 7.59. The Morgan fingerprint density at radius 1 is 1.21 bits per heavy atom. The van der Waals surface area contributed by atoms with E-state index in [9.17, 15) is 18.0 Å². The van der Waals surface area contributed by atoms with Gasteiger partial charge in [-0.25, -0.2) is 8.42 Å². The predicted molar refractivity (Wildman–Crippen MR) is 113 cm³/mol.